The molecule has 5 heteroatoms. The quantitative estimate of drug-likeness (QED) is 0.926. The average molecular weight is 296 g/mol. The van der Waals surface area contributed by atoms with Crippen molar-refractivity contribution in [2.45, 2.75) is 45.6 Å². The Labute approximate surface area is 124 Å². The zero-order valence-corrected chi connectivity index (χ0v) is 12.6. The highest BCUT2D eigenvalue weighted by atomic mass is 19.1. The van der Waals surface area contributed by atoms with E-state index in [1.165, 1.54) is 12.1 Å². The second-order valence-corrected chi connectivity index (χ2v) is 5.66. The zero-order valence-electron chi connectivity index (χ0n) is 12.6. The van der Waals surface area contributed by atoms with Crippen LogP contribution in [-0.4, -0.2) is 29.9 Å². The van der Waals surface area contributed by atoms with Crippen LogP contribution in [-0.2, 0) is 4.79 Å². The highest BCUT2D eigenvalue weighted by molar-refractivity contribution is 5.84. The first-order chi connectivity index (χ1) is 10.0. The second-order valence-electron chi connectivity index (χ2n) is 5.66. The van der Waals surface area contributed by atoms with E-state index in [2.05, 4.69) is 5.32 Å². The van der Waals surface area contributed by atoms with Crippen molar-refractivity contribution in [1.82, 2.24) is 4.90 Å². The molecule has 1 saturated heterocycles. The number of amides is 1. The summed E-state index contributed by atoms with van der Waals surface area (Å²) in [6.07, 6.45) is 4.25. The number of nitrogens with zero attached hydrogens (tertiary/aromatic N) is 1. The van der Waals surface area contributed by atoms with Crippen molar-refractivity contribution in [2.24, 2.45) is 0 Å². The van der Waals surface area contributed by atoms with Crippen LogP contribution in [0.5, 0.6) is 0 Å². The lowest BCUT2D eigenvalue weighted by Crippen LogP contribution is -2.42. The van der Waals surface area contributed by atoms with Gasteiger partial charge in [-0.25, -0.2) is 8.78 Å². The van der Waals surface area contributed by atoms with E-state index in [9.17, 15) is 13.6 Å². The summed E-state index contributed by atoms with van der Waals surface area (Å²) >= 11 is 0. The predicted molar refractivity (Wildman–Crippen MR) is 79.2 cm³/mol. The number of likely N-dealkylation sites (tertiary alicyclic amines) is 1. The third kappa shape index (κ3) is 3.71. The number of hydrogen-bond acceptors (Lipinski definition) is 2. The van der Waals surface area contributed by atoms with Gasteiger partial charge in [0.05, 0.1) is 0 Å². The molecule has 3 nitrogen and oxygen atoms in total. The van der Waals surface area contributed by atoms with Gasteiger partial charge < -0.3 is 10.2 Å². The smallest absolute Gasteiger partial charge is 0.244 e. The molecule has 1 amide bonds. The number of carbonyl (C=O) groups is 1. The molecule has 1 aliphatic heterocycles. The molecule has 1 N–H and O–H groups in total. The Bertz CT molecular complexity index is 511. The van der Waals surface area contributed by atoms with Gasteiger partial charge in [-0.1, -0.05) is 18.9 Å². The normalized spacial score (nSPS) is 17.2. The van der Waals surface area contributed by atoms with Gasteiger partial charge in [0, 0.05) is 13.1 Å². The van der Waals surface area contributed by atoms with Crippen molar-refractivity contribution < 1.29 is 13.6 Å². The molecule has 0 saturated carbocycles. The van der Waals surface area contributed by atoms with Gasteiger partial charge in [-0.2, -0.15) is 0 Å². The van der Waals surface area contributed by atoms with E-state index in [0.717, 1.165) is 38.8 Å². The summed E-state index contributed by atoms with van der Waals surface area (Å²) in [4.78, 5) is 14.2. The summed E-state index contributed by atoms with van der Waals surface area (Å²) in [7, 11) is 0. The fourth-order valence-electron chi connectivity index (χ4n) is 2.63. The van der Waals surface area contributed by atoms with Gasteiger partial charge in [0.15, 0.2) is 5.82 Å². The summed E-state index contributed by atoms with van der Waals surface area (Å²) in [5, 5.41) is 2.70. The number of halogens is 2. The molecule has 2 rings (SSSR count). The molecule has 116 valence electrons. The van der Waals surface area contributed by atoms with Crippen molar-refractivity contribution in [1.29, 1.82) is 0 Å². The SMILES string of the molecule is Cc1ccc(F)c(NC(C)C(=O)N2CCCCCC2)c1F. The van der Waals surface area contributed by atoms with Crippen molar-refractivity contribution >= 4 is 11.6 Å². The van der Waals surface area contributed by atoms with Crippen molar-refractivity contribution in [3.05, 3.63) is 29.3 Å². The fraction of sp³-hybridized carbons (Fsp3) is 0.562. The molecule has 1 fully saturated rings. The van der Waals surface area contributed by atoms with Crippen molar-refractivity contribution in [3.63, 3.8) is 0 Å². The number of aryl methyl sites for hydroxylation is 1. The number of hydrogen-bond donors (Lipinski definition) is 1. The molecular formula is C16H22F2N2O. The first-order valence-electron chi connectivity index (χ1n) is 7.50. The Morgan fingerprint density at radius 3 is 2.43 bits per heavy atom. The third-order valence-corrected chi connectivity index (χ3v) is 3.93. The van der Waals surface area contributed by atoms with Gasteiger partial charge in [0.1, 0.15) is 17.5 Å². The molecule has 0 aromatic heterocycles. The molecule has 0 bridgehead atoms. The lowest BCUT2D eigenvalue weighted by atomic mass is 10.1. The number of benzene rings is 1. The maximum atomic E-state index is 14.0. The minimum Gasteiger partial charge on any atom is -0.369 e. The fourth-order valence-corrected chi connectivity index (χ4v) is 2.63. The third-order valence-electron chi connectivity index (χ3n) is 3.93. The van der Waals surface area contributed by atoms with Gasteiger partial charge in [-0.15, -0.1) is 0 Å². The Kier molecular flexibility index (Phi) is 5.15. The Balaban J connectivity index is 2.08. The van der Waals surface area contributed by atoms with Gasteiger partial charge in [0.25, 0.3) is 0 Å². The molecule has 1 aromatic carbocycles. The summed E-state index contributed by atoms with van der Waals surface area (Å²) < 4.78 is 27.7. The number of rotatable bonds is 3. The van der Waals surface area contributed by atoms with E-state index in [1.807, 2.05) is 0 Å². The molecule has 21 heavy (non-hydrogen) atoms. The van der Waals surface area contributed by atoms with Crippen molar-refractivity contribution in [2.75, 3.05) is 18.4 Å². The van der Waals surface area contributed by atoms with Crippen LogP contribution in [0.25, 0.3) is 0 Å². The van der Waals surface area contributed by atoms with E-state index in [1.54, 1.807) is 18.7 Å². The summed E-state index contributed by atoms with van der Waals surface area (Å²) in [5.74, 6) is -1.41. The van der Waals surface area contributed by atoms with Crippen LogP contribution in [0.2, 0.25) is 0 Å². The van der Waals surface area contributed by atoms with Crippen molar-refractivity contribution in [3.8, 4) is 0 Å². The molecular weight excluding hydrogens is 274 g/mol. The first-order valence-corrected chi connectivity index (χ1v) is 7.50. The van der Waals surface area contributed by atoms with E-state index in [-0.39, 0.29) is 11.6 Å². The molecule has 0 radical (unpaired) electrons. The lowest BCUT2D eigenvalue weighted by molar-refractivity contribution is -0.131. The molecule has 1 atom stereocenters. The molecule has 0 spiro atoms. The number of nitrogens with one attached hydrogen (secondary N) is 1. The monoisotopic (exact) mass is 296 g/mol. The predicted octanol–water partition coefficient (Wildman–Crippen LogP) is 3.48. The first kappa shape index (κ1) is 15.7. The van der Waals surface area contributed by atoms with E-state index in [0.29, 0.717) is 5.56 Å². The summed E-state index contributed by atoms with van der Waals surface area (Å²) in [6, 6.07) is 1.95. The van der Waals surface area contributed by atoms with Crippen LogP contribution in [0.15, 0.2) is 12.1 Å². The molecule has 1 aromatic rings. The highest BCUT2D eigenvalue weighted by Crippen LogP contribution is 2.23. The molecule has 0 aliphatic carbocycles. The lowest BCUT2D eigenvalue weighted by Gasteiger charge is -2.25. The van der Waals surface area contributed by atoms with E-state index in [4.69, 9.17) is 0 Å². The van der Waals surface area contributed by atoms with E-state index >= 15 is 0 Å². The standard InChI is InChI=1S/C16H22F2N2O/c1-11-7-8-13(17)15(14(11)18)19-12(2)16(21)20-9-5-3-4-6-10-20/h7-8,12,19H,3-6,9-10H2,1-2H3. The molecule has 1 heterocycles. The van der Waals surface area contributed by atoms with E-state index < -0.39 is 17.7 Å². The Morgan fingerprint density at radius 2 is 1.81 bits per heavy atom. The molecule has 1 aliphatic rings. The number of carbonyl (C=O) groups excluding carboxylic acids is 1. The minimum absolute atomic E-state index is 0.0998. The van der Waals surface area contributed by atoms with Crippen LogP contribution in [0.3, 0.4) is 0 Å². The highest BCUT2D eigenvalue weighted by Gasteiger charge is 2.23. The second kappa shape index (κ2) is 6.87. The van der Waals surface area contributed by atoms with Gasteiger partial charge in [-0.05, 0) is 38.3 Å². The van der Waals surface area contributed by atoms with Crippen LogP contribution in [0, 0.1) is 18.6 Å². The van der Waals surface area contributed by atoms with Crippen LogP contribution in [0.4, 0.5) is 14.5 Å². The van der Waals surface area contributed by atoms with Gasteiger partial charge in [0.2, 0.25) is 5.91 Å². The molecule has 1 unspecified atom stereocenters. The van der Waals surface area contributed by atoms with Crippen LogP contribution < -0.4 is 5.32 Å². The maximum Gasteiger partial charge on any atom is 0.244 e. The maximum absolute atomic E-state index is 14.0. The summed E-state index contributed by atoms with van der Waals surface area (Å²) in [5.41, 5.74) is 0.138. The number of anilines is 1. The average Bonchev–Trinajstić information content (AvgIpc) is 2.75. The zero-order chi connectivity index (χ0) is 15.4. The Hall–Kier alpha value is -1.65. The summed E-state index contributed by atoms with van der Waals surface area (Å²) in [6.45, 7) is 4.67. The van der Waals surface area contributed by atoms with Gasteiger partial charge >= 0.3 is 0 Å². The minimum atomic E-state index is -0.673. The Morgan fingerprint density at radius 1 is 1.19 bits per heavy atom. The topological polar surface area (TPSA) is 32.3 Å². The van der Waals surface area contributed by atoms with Gasteiger partial charge in [-0.3, -0.25) is 4.79 Å². The van der Waals surface area contributed by atoms with Crippen LogP contribution in [0.1, 0.15) is 38.2 Å². The largest absolute Gasteiger partial charge is 0.369 e. The van der Waals surface area contributed by atoms with Crippen LogP contribution >= 0.6 is 0 Å².